The highest BCUT2D eigenvalue weighted by atomic mass is 127. The Kier molecular flexibility index (Phi) is 11.1. The first-order valence-corrected chi connectivity index (χ1v) is 9.59. The van der Waals surface area contributed by atoms with Crippen molar-refractivity contribution in [3.8, 4) is 0 Å². The van der Waals surface area contributed by atoms with Gasteiger partial charge in [-0.05, 0) is 32.3 Å². The van der Waals surface area contributed by atoms with Crippen LogP contribution in [0, 0.1) is 6.92 Å². The predicted octanol–water partition coefficient (Wildman–Crippen LogP) is 4.00. The van der Waals surface area contributed by atoms with Gasteiger partial charge in [-0.2, -0.15) is 0 Å². The Bertz CT molecular complexity index is 575. The molecule has 1 aliphatic rings. The van der Waals surface area contributed by atoms with Gasteiger partial charge in [0.15, 0.2) is 5.96 Å². The summed E-state index contributed by atoms with van der Waals surface area (Å²) in [7, 11) is 0. The average Bonchev–Trinajstić information content (AvgIpc) is 2.61. The van der Waals surface area contributed by atoms with E-state index in [1.807, 2.05) is 11.8 Å². The van der Waals surface area contributed by atoms with Crippen LogP contribution in [0.3, 0.4) is 0 Å². The number of benzene rings is 1. The first-order valence-electron chi connectivity index (χ1n) is 9.59. The summed E-state index contributed by atoms with van der Waals surface area (Å²) < 4.78 is 25.0. The van der Waals surface area contributed by atoms with Crippen LogP contribution in [-0.2, 0) is 0 Å². The summed E-state index contributed by atoms with van der Waals surface area (Å²) in [6.45, 7) is 9.15. The van der Waals surface area contributed by atoms with Crippen molar-refractivity contribution in [1.29, 1.82) is 0 Å². The summed E-state index contributed by atoms with van der Waals surface area (Å²) in [5, 5.41) is 6.77. The Hall–Kier alpha value is -0.960. The van der Waals surface area contributed by atoms with Gasteiger partial charge >= 0.3 is 0 Å². The van der Waals surface area contributed by atoms with Crippen LogP contribution in [0.1, 0.15) is 43.7 Å². The van der Waals surface area contributed by atoms with E-state index in [-0.39, 0.29) is 36.6 Å². The zero-order valence-electron chi connectivity index (χ0n) is 16.5. The number of alkyl halides is 2. The van der Waals surface area contributed by atoms with Crippen molar-refractivity contribution in [2.45, 2.75) is 52.0 Å². The summed E-state index contributed by atoms with van der Waals surface area (Å²) in [5.41, 5.74) is 2.56. The molecule has 0 saturated carbocycles. The van der Waals surface area contributed by atoms with Gasteiger partial charge in [0.1, 0.15) is 0 Å². The Morgan fingerprint density at radius 2 is 2.00 bits per heavy atom. The number of aliphatic imine (C=N–C) groups is 1. The van der Waals surface area contributed by atoms with E-state index < -0.39 is 6.43 Å². The Labute approximate surface area is 179 Å². The van der Waals surface area contributed by atoms with Crippen molar-refractivity contribution in [1.82, 2.24) is 15.5 Å². The summed E-state index contributed by atoms with van der Waals surface area (Å²) >= 11 is 0. The maximum Gasteiger partial charge on any atom is 0.251 e. The molecule has 1 saturated heterocycles. The van der Waals surface area contributed by atoms with Gasteiger partial charge in [-0.25, -0.2) is 8.78 Å². The van der Waals surface area contributed by atoms with Crippen LogP contribution >= 0.6 is 24.0 Å². The van der Waals surface area contributed by atoms with Crippen LogP contribution in [-0.4, -0.2) is 56.1 Å². The molecule has 0 bridgehead atoms. The van der Waals surface area contributed by atoms with Crippen LogP contribution in [0.2, 0.25) is 0 Å². The maximum absolute atomic E-state index is 12.5. The molecule has 2 rings (SSSR count). The van der Waals surface area contributed by atoms with Crippen molar-refractivity contribution < 1.29 is 8.78 Å². The van der Waals surface area contributed by atoms with E-state index in [9.17, 15) is 8.78 Å². The van der Waals surface area contributed by atoms with Crippen LogP contribution in [0.25, 0.3) is 0 Å². The molecule has 0 aromatic heterocycles. The highest BCUT2D eigenvalue weighted by Crippen LogP contribution is 2.17. The Morgan fingerprint density at radius 1 is 1.30 bits per heavy atom. The number of likely N-dealkylation sites (tertiary alicyclic amines) is 1. The number of guanidine groups is 1. The van der Waals surface area contributed by atoms with Crippen LogP contribution < -0.4 is 10.6 Å². The van der Waals surface area contributed by atoms with Gasteiger partial charge in [0.2, 0.25) is 0 Å². The summed E-state index contributed by atoms with van der Waals surface area (Å²) in [6.07, 6.45) is -0.517. The number of piperidine rings is 1. The quantitative estimate of drug-likeness (QED) is 0.342. The molecule has 4 nitrogen and oxygen atoms in total. The molecular formula is C20H33F2IN4. The monoisotopic (exact) mass is 494 g/mol. The highest BCUT2D eigenvalue weighted by Gasteiger charge is 2.22. The zero-order valence-corrected chi connectivity index (χ0v) is 18.9. The molecule has 1 unspecified atom stereocenters. The lowest BCUT2D eigenvalue weighted by molar-refractivity contribution is 0.0744. The minimum Gasteiger partial charge on any atom is -0.357 e. The van der Waals surface area contributed by atoms with E-state index in [0.29, 0.717) is 25.6 Å². The normalized spacial score (nSPS) is 17.5. The highest BCUT2D eigenvalue weighted by molar-refractivity contribution is 14.0. The standard InChI is InChI=1S/C20H32F2N4.HI/c1-4-23-20(24-13-16(3)17-7-5-6-15(2)12-17)25-18-8-10-26(11-9-18)14-19(21)22;/h5-7,12,16,18-19H,4,8-11,13-14H2,1-3H3,(H2,23,24,25);1H. The molecule has 1 aliphatic heterocycles. The third kappa shape index (κ3) is 8.72. The van der Waals surface area contributed by atoms with Crippen molar-refractivity contribution in [2.24, 2.45) is 4.99 Å². The number of hydrogen-bond donors (Lipinski definition) is 2. The number of nitrogens with zero attached hydrogens (tertiary/aromatic N) is 2. The van der Waals surface area contributed by atoms with Gasteiger partial charge in [-0.3, -0.25) is 9.89 Å². The van der Waals surface area contributed by atoms with E-state index in [0.717, 1.165) is 25.3 Å². The van der Waals surface area contributed by atoms with Gasteiger partial charge in [-0.1, -0.05) is 36.8 Å². The first kappa shape index (κ1) is 24.1. The molecule has 7 heteroatoms. The van der Waals surface area contributed by atoms with Gasteiger partial charge in [0.25, 0.3) is 6.43 Å². The fourth-order valence-corrected chi connectivity index (χ4v) is 3.28. The van der Waals surface area contributed by atoms with Crippen LogP contribution in [0.5, 0.6) is 0 Å². The number of rotatable bonds is 7. The lowest BCUT2D eigenvalue weighted by atomic mass is 10.00. The van der Waals surface area contributed by atoms with Crippen molar-refractivity contribution in [3.63, 3.8) is 0 Å². The smallest absolute Gasteiger partial charge is 0.251 e. The SMILES string of the molecule is CCNC(=NCC(C)c1cccc(C)c1)NC1CCN(CC(F)F)CC1.I. The topological polar surface area (TPSA) is 39.7 Å². The number of aryl methyl sites for hydroxylation is 1. The summed E-state index contributed by atoms with van der Waals surface area (Å²) in [5.74, 6) is 1.16. The Morgan fingerprint density at radius 3 is 2.59 bits per heavy atom. The van der Waals surface area contributed by atoms with E-state index in [1.165, 1.54) is 11.1 Å². The van der Waals surface area contributed by atoms with E-state index in [2.05, 4.69) is 48.7 Å². The average molecular weight is 494 g/mol. The molecule has 0 spiro atoms. The van der Waals surface area contributed by atoms with Crippen molar-refractivity contribution in [2.75, 3.05) is 32.7 Å². The van der Waals surface area contributed by atoms with Crippen LogP contribution in [0.15, 0.2) is 29.3 Å². The van der Waals surface area contributed by atoms with E-state index in [4.69, 9.17) is 4.99 Å². The number of nitrogens with one attached hydrogen (secondary N) is 2. The van der Waals surface area contributed by atoms with E-state index >= 15 is 0 Å². The van der Waals surface area contributed by atoms with Crippen LogP contribution in [0.4, 0.5) is 8.78 Å². The second kappa shape index (κ2) is 12.5. The maximum atomic E-state index is 12.5. The van der Waals surface area contributed by atoms with Gasteiger partial charge < -0.3 is 10.6 Å². The fourth-order valence-electron chi connectivity index (χ4n) is 3.28. The second-order valence-electron chi connectivity index (χ2n) is 7.15. The molecule has 0 amide bonds. The van der Waals surface area contributed by atoms with Crippen molar-refractivity contribution in [3.05, 3.63) is 35.4 Å². The van der Waals surface area contributed by atoms with Gasteiger partial charge in [0, 0.05) is 38.1 Å². The molecule has 2 N–H and O–H groups in total. The van der Waals surface area contributed by atoms with Gasteiger partial charge in [0.05, 0.1) is 6.54 Å². The molecule has 27 heavy (non-hydrogen) atoms. The molecule has 1 fully saturated rings. The van der Waals surface area contributed by atoms with E-state index in [1.54, 1.807) is 0 Å². The fraction of sp³-hybridized carbons (Fsp3) is 0.650. The lowest BCUT2D eigenvalue weighted by Crippen LogP contribution is -2.49. The Balaban J connectivity index is 0.00000364. The molecule has 1 aromatic rings. The molecule has 0 radical (unpaired) electrons. The third-order valence-electron chi connectivity index (χ3n) is 4.80. The second-order valence-corrected chi connectivity index (χ2v) is 7.15. The number of halogens is 3. The molecule has 1 aromatic carbocycles. The summed E-state index contributed by atoms with van der Waals surface area (Å²) in [6, 6.07) is 8.83. The first-order chi connectivity index (χ1) is 12.5. The predicted molar refractivity (Wildman–Crippen MR) is 120 cm³/mol. The third-order valence-corrected chi connectivity index (χ3v) is 4.80. The molecule has 1 atom stereocenters. The van der Waals surface area contributed by atoms with Gasteiger partial charge in [-0.15, -0.1) is 24.0 Å². The molecule has 1 heterocycles. The minimum atomic E-state index is -2.25. The lowest BCUT2D eigenvalue weighted by Gasteiger charge is -2.32. The minimum absolute atomic E-state index is 0. The zero-order chi connectivity index (χ0) is 18.9. The molecule has 154 valence electrons. The largest absolute Gasteiger partial charge is 0.357 e. The van der Waals surface area contributed by atoms with Crippen molar-refractivity contribution >= 4 is 29.9 Å². The number of hydrogen-bond acceptors (Lipinski definition) is 2. The molecular weight excluding hydrogens is 461 g/mol. The summed E-state index contributed by atoms with van der Waals surface area (Å²) in [4.78, 5) is 6.58. The molecule has 0 aliphatic carbocycles.